The summed E-state index contributed by atoms with van der Waals surface area (Å²) in [7, 11) is 1.41. The maximum absolute atomic E-state index is 11.2. The number of rotatable bonds is 4. The molecule has 0 aliphatic carbocycles. The number of hydrogen-bond donors (Lipinski definition) is 0. The Bertz CT molecular complexity index is 605. The minimum absolute atomic E-state index is 0.167. The van der Waals surface area contributed by atoms with Crippen molar-refractivity contribution in [3.05, 3.63) is 24.2 Å². The fourth-order valence-electron chi connectivity index (χ4n) is 1.38. The van der Waals surface area contributed by atoms with Gasteiger partial charge < -0.3 is 9.09 Å². The summed E-state index contributed by atoms with van der Waals surface area (Å²) in [6, 6.07) is 0. The van der Waals surface area contributed by atoms with Gasteiger partial charge in [-0.3, -0.25) is 0 Å². The molecule has 0 amide bonds. The van der Waals surface area contributed by atoms with Crippen LogP contribution in [0.1, 0.15) is 18.6 Å². The first-order chi connectivity index (χ1) is 8.00. The summed E-state index contributed by atoms with van der Waals surface area (Å²) < 4.78 is 28.5. The first-order valence-corrected chi connectivity index (χ1v) is 7.07. The van der Waals surface area contributed by atoms with Crippen molar-refractivity contribution in [2.75, 3.05) is 0 Å². The summed E-state index contributed by atoms with van der Waals surface area (Å²) in [5.74, 6) is 1.03. The molecule has 2 aromatic heterocycles. The van der Waals surface area contributed by atoms with Crippen molar-refractivity contribution in [1.29, 1.82) is 0 Å². The van der Waals surface area contributed by atoms with Crippen molar-refractivity contribution in [2.24, 2.45) is 0 Å². The Labute approximate surface area is 102 Å². The first-order valence-electron chi connectivity index (χ1n) is 4.76. The predicted octanol–water partition coefficient (Wildman–Crippen LogP) is 0.804. The van der Waals surface area contributed by atoms with Crippen LogP contribution in [0.15, 0.2) is 22.1 Å². The molecule has 0 saturated heterocycles. The second-order valence-corrected chi connectivity index (χ2v) is 5.77. The number of aromatic nitrogens is 4. The minimum atomic E-state index is -3.82. The van der Waals surface area contributed by atoms with Crippen LogP contribution in [0.25, 0.3) is 0 Å². The topological polar surface area (TPSA) is 90.9 Å². The standard InChI is InChI=1S/C8H9ClN4O3S/c1-2-7-11-8(17(9,14)15)4-13(7)3-6-10-5-16-12-6/h4-5H,2-3H2,1H3. The normalized spacial score (nSPS) is 11.9. The zero-order valence-electron chi connectivity index (χ0n) is 8.87. The van der Waals surface area contributed by atoms with Crippen LogP contribution in [-0.2, 0) is 22.0 Å². The van der Waals surface area contributed by atoms with Crippen LogP contribution in [0.3, 0.4) is 0 Å². The van der Waals surface area contributed by atoms with Crippen molar-refractivity contribution in [3.63, 3.8) is 0 Å². The predicted molar refractivity (Wildman–Crippen MR) is 58.0 cm³/mol. The van der Waals surface area contributed by atoms with Crippen LogP contribution in [0.2, 0.25) is 0 Å². The summed E-state index contributed by atoms with van der Waals surface area (Å²) in [6.07, 6.45) is 3.14. The molecule has 17 heavy (non-hydrogen) atoms. The summed E-state index contributed by atoms with van der Waals surface area (Å²) in [6.45, 7) is 2.15. The van der Waals surface area contributed by atoms with Crippen LogP contribution < -0.4 is 0 Å². The Kier molecular flexibility index (Phi) is 3.16. The zero-order chi connectivity index (χ0) is 12.5. The second-order valence-electron chi connectivity index (χ2n) is 3.26. The van der Waals surface area contributed by atoms with E-state index in [9.17, 15) is 8.42 Å². The molecule has 0 aromatic carbocycles. The van der Waals surface area contributed by atoms with Gasteiger partial charge in [0.15, 0.2) is 10.9 Å². The molecule has 0 bridgehead atoms. The summed E-state index contributed by atoms with van der Waals surface area (Å²) >= 11 is 0. The highest BCUT2D eigenvalue weighted by Crippen LogP contribution is 2.15. The van der Waals surface area contributed by atoms with Crippen molar-refractivity contribution >= 4 is 19.7 Å². The largest absolute Gasteiger partial charge is 0.343 e. The number of halogens is 1. The quantitative estimate of drug-likeness (QED) is 0.767. The van der Waals surface area contributed by atoms with E-state index in [2.05, 4.69) is 19.6 Å². The van der Waals surface area contributed by atoms with E-state index in [1.165, 1.54) is 12.6 Å². The monoisotopic (exact) mass is 276 g/mol. The van der Waals surface area contributed by atoms with Gasteiger partial charge in [0, 0.05) is 23.3 Å². The molecule has 0 saturated carbocycles. The van der Waals surface area contributed by atoms with Crippen LogP contribution in [-0.4, -0.2) is 28.1 Å². The molecule has 0 aliphatic heterocycles. The molecule has 0 spiro atoms. The van der Waals surface area contributed by atoms with E-state index in [1.54, 1.807) is 4.57 Å². The molecule has 2 rings (SSSR count). The lowest BCUT2D eigenvalue weighted by atomic mass is 10.4. The van der Waals surface area contributed by atoms with Gasteiger partial charge in [0.1, 0.15) is 5.82 Å². The molecule has 2 heterocycles. The smallest absolute Gasteiger partial charge is 0.280 e. The average molecular weight is 277 g/mol. The van der Waals surface area contributed by atoms with Gasteiger partial charge in [-0.15, -0.1) is 0 Å². The van der Waals surface area contributed by atoms with Crippen LogP contribution in [0.4, 0.5) is 0 Å². The van der Waals surface area contributed by atoms with Crippen molar-refractivity contribution in [1.82, 2.24) is 19.7 Å². The molecule has 0 fully saturated rings. The third-order valence-corrected chi connectivity index (χ3v) is 3.29. The molecule has 0 aliphatic rings. The van der Waals surface area contributed by atoms with E-state index in [0.29, 0.717) is 24.6 Å². The molecular formula is C8H9ClN4O3S. The fraction of sp³-hybridized carbons (Fsp3) is 0.375. The minimum Gasteiger partial charge on any atom is -0.343 e. The third-order valence-electron chi connectivity index (χ3n) is 2.12. The SMILES string of the molecule is CCc1nc(S(=O)(=O)Cl)cn1Cc1ncon1. The second kappa shape index (κ2) is 4.46. The van der Waals surface area contributed by atoms with Gasteiger partial charge in [-0.2, -0.15) is 4.98 Å². The van der Waals surface area contributed by atoms with Gasteiger partial charge in [-0.05, 0) is 0 Å². The highest BCUT2D eigenvalue weighted by atomic mass is 35.7. The van der Waals surface area contributed by atoms with Crippen molar-refractivity contribution in [2.45, 2.75) is 24.9 Å². The van der Waals surface area contributed by atoms with Gasteiger partial charge in [-0.25, -0.2) is 13.4 Å². The molecule has 9 heteroatoms. The van der Waals surface area contributed by atoms with Crippen molar-refractivity contribution in [3.8, 4) is 0 Å². The highest BCUT2D eigenvalue weighted by Gasteiger charge is 2.17. The lowest BCUT2D eigenvalue weighted by Crippen LogP contribution is -2.04. The highest BCUT2D eigenvalue weighted by molar-refractivity contribution is 8.13. The molecular weight excluding hydrogens is 268 g/mol. The molecule has 2 aromatic rings. The fourth-order valence-corrected chi connectivity index (χ4v) is 2.07. The van der Waals surface area contributed by atoms with E-state index >= 15 is 0 Å². The molecule has 0 unspecified atom stereocenters. The van der Waals surface area contributed by atoms with Crippen LogP contribution in [0, 0.1) is 0 Å². The van der Waals surface area contributed by atoms with E-state index < -0.39 is 9.05 Å². The Hall–Kier alpha value is -1.41. The Morgan fingerprint density at radius 3 is 2.82 bits per heavy atom. The lowest BCUT2D eigenvalue weighted by molar-refractivity contribution is 0.408. The van der Waals surface area contributed by atoms with Gasteiger partial charge in [0.2, 0.25) is 6.39 Å². The maximum Gasteiger partial charge on any atom is 0.280 e. The summed E-state index contributed by atoms with van der Waals surface area (Å²) in [5, 5.41) is 3.47. The van der Waals surface area contributed by atoms with Crippen LogP contribution >= 0.6 is 10.7 Å². The van der Waals surface area contributed by atoms with E-state index in [1.807, 2.05) is 6.92 Å². The number of imidazole rings is 1. The maximum atomic E-state index is 11.2. The third kappa shape index (κ3) is 2.64. The Morgan fingerprint density at radius 1 is 1.53 bits per heavy atom. The summed E-state index contributed by atoms with van der Waals surface area (Å²) in [4.78, 5) is 7.79. The molecule has 0 radical (unpaired) electrons. The molecule has 92 valence electrons. The first kappa shape index (κ1) is 12.1. The molecule has 0 atom stereocenters. The van der Waals surface area contributed by atoms with Gasteiger partial charge in [0.25, 0.3) is 9.05 Å². The molecule has 0 N–H and O–H groups in total. The van der Waals surface area contributed by atoms with E-state index in [-0.39, 0.29) is 5.03 Å². The van der Waals surface area contributed by atoms with Gasteiger partial charge in [0.05, 0.1) is 6.54 Å². The Morgan fingerprint density at radius 2 is 2.29 bits per heavy atom. The Balaban J connectivity index is 2.37. The molecule has 7 nitrogen and oxygen atoms in total. The average Bonchev–Trinajstić information content (AvgIpc) is 2.86. The van der Waals surface area contributed by atoms with E-state index in [4.69, 9.17) is 10.7 Å². The number of nitrogens with zero attached hydrogens (tertiary/aromatic N) is 4. The lowest BCUT2D eigenvalue weighted by Gasteiger charge is -2.00. The van der Waals surface area contributed by atoms with E-state index in [0.717, 1.165) is 0 Å². The zero-order valence-corrected chi connectivity index (χ0v) is 10.4. The summed E-state index contributed by atoms with van der Waals surface area (Å²) in [5.41, 5.74) is 0. The van der Waals surface area contributed by atoms with Gasteiger partial charge >= 0.3 is 0 Å². The van der Waals surface area contributed by atoms with Gasteiger partial charge in [-0.1, -0.05) is 12.1 Å². The number of hydrogen-bond acceptors (Lipinski definition) is 6. The van der Waals surface area contributed by atoms with Crippen LogP contribution in [0.5, 0.6) is 0 Å². The van der Waals surface area contributed by atoms with Crippen molar-refractivity contribution < 1.29 is 12.9 Å². The number of aryl methyl sites for hydroxylation is 1.